The highest BCUT2D eigenvalue weighted by Crippen LogP contribution is 2.25. The van der Waals surface area contributed by atoms with Crippen molar-refractivity contribution in [3.63, 3.8) is 0 Å². The summed E-state index contributed by atoms with van der Waals surface area (Å²) in [6, 6.07) is 16.9. The molecule has 2 aromatic carbocycles. The zero-order valence-corrected chi connectivity index (χ0v) is 18.7. The van der Waals surface area contributed by atoms with Crippen LogP contribution in [0.25, 0.3) is 5.69 Å². The maximum Gasteiger partial charge on any atom is 0.329 e. The van der Waals surface area contributed by atoms with Gasteiger partial charge in [-0.05, 0) is 55.7 Å². The number of nitrogens with zero attached hydrogens (tertiary/aromatic N) is 2. The molecule has 0 unspecified atom stereocenters. The minimum absolute atomic E-state index is 0.391. The fourth-order valence-electron chi connectivity index (χ4n) is 3.27. The first kappa shape index (κ1) is 22.3. The van der Waals surface area contributed by atoms with Gasteiger partial charge < -0.3 is 9.88 Å². The fourth-order valence-corrected chi connectivity index (χ4v) is 3.49. The second-order valence-corrected chi connectivity index (χ2v) is 7.95. The lowest BCUT2D eigenvalue weighted by Gasteiger charge is -2.11. The number of carbonyl (C=O) groups is 2. The summed E-state index contributed by atoms with van der Waals surface area (Å²) in [7, 11) is 0. The number of hydrogen-bond acceptors (Lipinski definition) is 3. The van der Waals surface area contributed by atoms with Crippen LogP contribution in [0.4, 0.5) is 5.69 Å². The van der Waals surface area contributed by atoms with E-state index in [1.807, 2.05) is 60.9 Å². The van der Waals surface area contributed by atoms with Gasteiger partial charge in [0.05, 0.1) is 16.9 Å². The van der Waals surface area contributed by atoms with Crippen LogP contribution < -0.4 is 10.7 Å². The standard InChI is InChI=1S/C24H25ClN4O2/c1-15(2)18-9-11-20(12-10-18)27-23(30)24(31)28-26-14-19-13-16(3)29(17(19)4)22-8-6-5-7-21(22)25/h5-15H,1-4H3,(H,27,30)(H,28,31)/b26-14-. The van der Waals surface area contributed by atoms with Gasteiger partial charge in [-0.2, -0.15) is 5.10 Å². The van der Waals surface area contributed by atoms with Gasteiger partial charge in [0.25, 0.3) is 0 Å². The first-order chi connectivity index (χ1) is 14.8. The molecule has 0 fully saturated rings. The number of hydrazone groups is 1. The molecule has 0 spiro atoms. The molecule has 1 heterocycles. The number of aromatic nitrogens is 1. The molecule has 31 heavy (non-hydrogen) atoms. The Labute approximate surface area is 186 Å². The Kier molecular flexibility index (Phi) is 6.92. The van der Waals surface area contributed by atoms with E-state index >= 15 is 0 Å². The maximum atomic E-state index is 12.1. The van der Waals surface area contributed by atoms with Crippen molar-refractivity contribution in [1.29, 1.82) is 0 Å². The summed E-state index contributed by atoms with van der Waals surface area (Å²) >= 11 is 6.33. The van der Waals surface area contributed by atoms with Gasteiger partial charge in [-0.1, -0.05) is 49.7 Å². The third-order valence-corrected chi connectivity index (χ3v) is 5.29. The van der Waals surface area contributed by atoms with E-state index in [2.05, 4.69) is 29.7 Å². The SMILES string of the molecule is Cc1cc(/C=N\NC(=O)C(=O)Nc2ccc(C(C)C)cc2)c(C)n1-c1ccccc1Cl. The highest BCUT2D eigenvalue weighted by Gasteiger charge is 2.14. The quantitative estimate of drug-likeness (QED) is 0.337. The summed E-state index contributed by atoms with van der Waals surface area (Å²) in [5, 5.41) is 7.14. The summed E-state index contributed by atoms with van der Waals surface area (Å²) in [5.74, 6) is -1.23. The molecule has 1 aromatic heterocycles. The molecule has 0 bridgehead atoms. The van der Waals surface area contributed by atoms with Gasteiger partial charge in [0.1, 0.15) is 0 Å². The van der Waals surface area contributed by atoms with E-state index in [0.717, 1.165) is 28.2 Å². The summed E-state index contributed by atoms with van der Waals surface area (Å²) in [4.78, 5) is 24.2. The van der Waals surface area contributed by atoms with E-state index in [0.29, 0.717) is 16.6 Å². The largest absolute Gasteiger partial charge is 0.329 e. The van der Waals surface area contributed by atoms with Crippen LogP contribution in [0.5, 0.6) is 0 Å². The zero-order chi connectivity index (χ0) is 22.5. The van der Waals surface area contributed by atoms with Crippen molar-refractivity contribution >= 4 is 35.3 Å². The van der Waals surface area contributed by atoms with Crippen LogP contribution in [0.15, 0.2) is 59.7 Å². The van der Waals surface area contributed by atoms with E-state index in [1.54, 1.807) is 12.1 Å². The number of nitrogens with one attached hydrogen (secondary N) is 2. The Bertz CT molecular complexity index is 1130. The number of benzene rings is 2. The molecule has 3 aromatic rings. The first-order valence-corrected chi connectivity index (χ1v) is 10.3. The molecule has 0 saturated carbocycles. The van der Waals surface area contributed by atoms with Gasteiger partial charge in [0, 0.05) is 22.6 Å². The molecule has 6 nitrogen and oxygen atoms in total. The Morgan fingerprint density at radius 2 is 1.71 bits per heavy atom. The molecule has 0 radical (unpaired) electrons. The minimum Gasteiger partial charge on any atom is -0.318 e. The third kappa shape index (κ3) is 5.22. The van der Waals surface area contributed by atoms with Gasteiger partial charge in [0.2, 0.25) is 0 Å². The summed E-state index contributed by atoms with van der Waals surface area (Å²) in [6.45, 7) is 8.08. The van der Waals surface area contributed by atoms with Gasteiger partial charge in [-0.25, -0.2) is 5.43 Å². The number of hydrogen-bond donors (Lipinski definition) is 2. The molecule has 7 heteroatoms. The number of amides is 2. The predicted molar refractivity (Wildman–Crippen MR) is 125 cm³/mol. The van der Waals surface area contributed by atoms with Gasteiger partial charge in [-0.3, -0.25) is 9.59 Å². The van der Waals surface area contributed by atoms with Crippen LogP contribution in [-0.2, 0) is 9.59 Å². The number of rotatable bonds is 5. The molecular formula is C24H25ClN4O2. The number of para-hydroxylation sites is 1. The van der Waals surface area contributed by atoms with Crippen molar-refractivity contribution in [2.45, 2.75) is 33.6 Å². The predicted octanol–water partition coefficient (Wildman–Crippen LogP) is 4.96. The average Bonchev–Trinajstić information content (AvgIpc) is 3.02. The Balaban J connectivity index is 1.65. The van der Waals surface area contributed by atoms with Crippen LogP contribution in [0.1, 0.15) is 42.3 Å². The lowest BCUT2D eigenvalue weighted by molar-refractivity contribution is -0.136. The van der Waals surface area contributed by atoms with Crippen LogP contribution in [0.3, 0.4) is 0 Å². The van der Waals surface area contributed by atoms with Crippen LogP contribution in [0.2, 0.25) is 5.02 Å². The van der Waals surface area contributed by atoms with Gasteiger partial charge in [-0.15, -0.1) is 0 Å². The highest BCUT2D eigenvalue weighted by molar-refractivity contribution is 6.39. The second kappa shape index (κ2) is 9.62. The van der Waals surface area contributed by atoms with Crippen LogP contribution >= 0.6 is 11.6 Å². The molecule has 0 saturated heterocycles. The summed E-state index contributed by atoms with van der Waals surface area (Å²) in [5.41, 5.74) is 7.54. The summed E-state index contributed by atoms with van der Waals surface area (Å²) in [6.07, 6.45) is 1.51. The average molecular weight is 437 g/mol. The molecule has 2 amide bonds. The lowest BCUT2D eigenvalue weighted by Crippen LogP contribution is -2.32. The Hall–Kier alpha value is -3.38. The number of anilines is 1. The van der Waals surface area contributed by atoms with Crippen molar-refractivity contribution in [1.82, 2.24) is 9.99 Å². The molecule has 2 N–H and O–H groups in total. The maximum absolute atomic E-state index is 12.1. The normalized spacial score (nSPS) is 11.2. The Morgan fingerprint density at radius 3 is 2.35 bits per heavy atom. The molecule has 160 valence electrons. The van der Waals surface area contributed by atoms with Crippen molar-refractivity contribution < 1.29 is 9.59 Å². The molecular weight excluding hydrogens is 412 g/mol. The third-order valence-electron chi connectivity index (χ3n) is 4.97. The molecule has 0 aliphatic rings. The summed E-state index contributed by atoms with van der Waals surface area (Å²) < 4.78 is 2.01. The van der Waals surface area contributed by atoms with E-state index < -0.39 is 11.8 Å². The van der Waals surface area contributed by atoms with Crippen molar-refractivity contribution in [3.05, 3.63) is 82.1 Å². The zero-order valence-electron chi connectivity index (χ0n) is 17.9. The number of carbonyl (C=O) groups excluding carboxylic acids is 2. The van der Waals surface area contributed by atoms with Crippen LogP contribution in [-0.4, -0.2) is 22.6 Å². The van der Waals surface area contributed by atoms with Crippen molar-refractivity contribution in [3.8, 4) is 5.69 Å². The minimum atomic E-state index is -0.843. The van der Waals surface area contributed by atoms with E-state index in [1.165, 1.54) is 6.21 Å². The molecule has 0 aliphatic carbocycles. The smallest absolute Gasteiger partial charge is 0.318 e. The van der Waals surface area contributed by atoms with E-state index in [9.17, 15) is 9.59 Å². The Morgan fingerprint density at radius 1 is 1.03 bits per heavy atom. The van der Waals surface area contributed by atoms with Gasteiger partial charge >= 0.3 is 11.8 Å². The number of halogens is 1. The van der Waals surface area contributed by atoms with Crippen molar-refractivity contribution in [2.75, 3.05) is 5.32 Å². The van der Waals surface area contributed by atoms with Gasteiger partial charge in [0.15, 0.2) is 0 Å². The number of aryl methyl sites for hydroxylation is 1. The molecule has 0 atom stereocenters. The monoisotopic (exact) mass is 436 g/mol. The lowest BCUT2D eigenvalue weighted by atomic mass is 10.0. The van der Waals surface area contributed by atoms with Crippen LogP contribution in [0, 0.1) is 13.8 Å². The topological polar surface area (TPSA) is 75.5 Å². The molecule has 0 aliphatic heterocycles. The highest BCUT2D eigenvalue weighted by atomic mass is 35.5. The second-order valence-electron chi connectivity index (χ2n) is 7.54. The van der Waals surface area contributed by atoms with E-state index in [-0.39, 0.29) is 0 Å². The fraction of sp³-hybridized carbons (Fsp3) is 0.208. The first-order valence-electron chi connectivity index (χ1n) is 9.96. The molecule has 3 rings (SSSR count). The van der Waals surface area contributed by atoms with Crippen molar-refractivity contribution in [2.24, 2.45) is 5.10 Å². The van der Waals surface area contributed by atoms with E-state index in [4.69, 9.17) is 11.6 Å².